The molecule has 0 spiro atoms. The van der Waals surface area contributed by atoms with Crippen LogP contribution in [0.2, 0.25) is 5.02 Å². The molecule has 1 aromatic rings. The normalized spacial score (nSPS) is 11.8. The van der Waals surface area contributed by atoms with Crippen LogP contribution in [0.5, 0.6) is 0 Å². The predicted octanol–water partition coefficient (Wildman–Crippen LogP) is 2.18. The van der Waals surface area contributed by atoms with E-state index in [4.69, 9.17) is 11.6 Å². The molecule has 18 heavy (non-hydrogen) atoms. The number of hydrogen-bond acceptors (Lipinski definition) is 4. The monoisotopic (exact) mass is 292 g/mol. The van der Waals surface area contributed by atoms with E-state index in [0.29, 0.717) is 0 Å². The summed E-state index contributed by atoms with van der Waals surface area (Å²) in [6, 6.07) is 3.25. The Labute approximate surface area is 110 Å². The maximum absolute atomic E-state index is 11.9. The lowest BCUT2D eigenvalue weighted by atomic mass is 10.2. The Bertz CT molecular complexity index is 557. The number of benzene rings is 1. The predicted molar refractivity (Wildman–Crippen MR) is 68.1 cm³/mol. The van der Waals surface area contributed by atoms with Crippen molar-refractivity contribution in [3.05, 3.63) is 33.3 Å². The standard InChI is InChI=1S/C10H13ClN2O4S/c1-7(2)6-12-18(16,17)10-4-3-8(13(14)15)5-9(10)11/h3-5,7,12H,6H2,1-2H3. The van der Waals surface area contributed by atoms with Crippen LogP contribution < -0.4 is 4.72 Å². The van der Waals surface area contributed by atoms with Crippen molar-refractivity contribution in [2.75, 3.05) is 6.54 Å². The second kappa shape index (κ2) is 5.64. The van der Waals surface area contributed by atoms with Gasteiger partial charge in [-0.1, -0.05) is 25.4 Å². The summed E-state index contributed by atoms with van der Waals surface area (Å²) < 4.78 is 26.1. The first-order chi connectivity index (χ1) is 8.24. The quantitative estimate of drug-likeness (QED) is 0.665. The van der Waals surface area contributed by atoms with E-state index in [1.807, 2.05) is 13.8 Å². The molecule has 0 radical (unpaired) electrons. The third-order valence-electron chi connectivity index (χ3n) is 2.10. The molecule has 0 atom stereocenters. The average molecular weight is 293 g/mol. The molecular weight excluding hydrogens is 280 g/mol. The fraction of sp³-hybridized carbons (Fsp3) is 0.400. The molecule has 0 unspecified atom stereocenters. The lowest BCUT2D eigenvalue weighted by molar-refractivity contribution is -0.384. The van der Waals surface area contributed by atoms with Crippen LogP contribution in [0.15, 0.2) is 23.1 Å². The van der Waals surface area contributed by atoms with Crippen molar-refractivity contribution in [1.82, 2.24) is 4.72 Å². The summed E-state index contributed by atoms with van der Waals surface area (Å²) in [5.41, 5.74) is -0.247. The first-order valence-corrected chi connectivity index (χ1v) is 7.03. The summed E-state index contributed by atoms with van der Waals surface area (Å²) in [4.78, 5) is 9.72. The van der Waals surface area contributed by atoms with Crippen molar-refractivity contribution >= 4 is 27.3 Å². The summed E-state index contributed by atoms with van der Waals surface area (Å²) in [6.07, 6.45) is 0. The van der Waals surface area contributed by atoms with E-state index in [1.54, 1.807) is 0 Å². The molecule has 6 nitrogen and oxygen atoms in total. The van der Waals surface area contributed by atoms with Gasteiger partial charge in [0.05, 0.1) is 9.95 Å². The minimum absolute atomic E-state index is 0.150. The van der Waals surface area contributed by atoms with Gasteiger partial charge in [-0.3, -0.25) is 10.1 Å². The molecular formula is C10H13ClN2O4S. The van der Waals surface area contributed by atoms with Crippen LogP contribution in [0.4, 0.5) is 5.69 Å². The number of non-ortho nitro benzene ring substituents is 1. The maximum Gasteiger partial charge on any atom is 0.271 e. The summed E-state index contributed by atoms with van der Waals surface area (Å²) in [5, 5.41) is 10.3. The molecule has 0 aliphatic heterocycles. The lowest BCUT2D eigenvalue weighted by Gasteiger charge is -2.09. The number of nitro benzene ring substituents is 1. The zero-order chi connectivity index (χ0) is 13.9. The molecule has 0 saturated heterocycles. The summed E-state index contributed by atoms with van der Waals surface area (Å²) >= 11 is 5.75. The lowest BCUT2D eigenvalue weighted by Crippen LogP contribution is -2.27. The van der Waals surface area contributed by atoms with Gasteiger partial charge in [0.25, 0.3) is 5.69 Å². The minimum Gasteiger partial charge on any atom is -0.258 e. The molecule has 100 valence electrons. The highest BCUT2D eigenvalue weighted by molar-refractivity contribution is 7.89. The molecule has 0 amide bonds. The third kappa shape index (κ3) is 3.66. The Morgan fingerprint density at radius 3 is 2.50 bits per heavy atom. The van der Waals surface area contributed by atoms with Gasteiger partial charge in [-0.2, -0.15) is 0 Å². The van der Waals surface area contributed by atoms with Crippen molar-refractivity contribution < 1.29 is 13.3 Å². The van der Waals surface area contributed by atoms with Gasteiger partial charge in [-0.05, 0) is 12.0 Å². The number of nitrogens with one attached hydrogen (secondary N) is 1. The number of halogens is 1. The molecule has 0 saturated carbocycles. The number of hydrogen-bond donors (Lipinski definition) is 1. The molecule has 0 heterocycles. The van der Waals surface area contributed by atoms with Crippen molar-refractivity contribution in [2.24, 2.45) is 5.92 Å². The fourth-order valence-electron chi connectivity index (χ4n) is 1.18. The average Bonchev–Trinajstić information content (AvgIpc) is 2.26. The van der Waals surface area contributed by atoms with Crippen LogP contribution in [-0.4, -0.2) is 19.9 Å². The molecule has 8 heteroatoms. The first-order valence-electron chi connectivity index (χ1n) is 5.17. The van der Waals surface area contributed by atoms with Gasteiger partial charge in [0.1, 0.15) is 4.90 Å². The highest BCUT2D eigenvalue weighted by atomic mass is 35.5. The fourth-order valence-corrected chi connectivity index (χ4v) is 2.93. The second-order valence-electron chi connectivity index (χ2n) is 4.12. The highest BCUT2D eigenvalue weighted by Gasteiger charge is 2.20. The van der Waals surface area contributed by atoms with Crippen LogP contribution in [0.3, 0.4) is 0 Å². The van der Waals surface area contributed by atoms with Crippen LogP contribution >= 0.6 is 11.6 Å². The van der Waals surface area contributed by atoms with Crippen LogP contribution in [0, 0.1) is 16.0 Å². The second-order valence-corrected chi connectivity index (χ2v) is 6.26. The zero-order valence-corrected chi connectivity index (χ0v) is 11.5. The summed E-state index contributed by atoms with van der Waals surface area (Å²) in [7, 11) is -3.73. The SMILES string of the molecule is CC(C)CNS(=O)(=O)c1ccc([N+](=O)[O-])cc1Cl. The zero-order valence-electron chi connectivity index (χ0n) is 9.88. The summed E-state index contributed by atoms with van der Waals surface area (Å²) in [5.74, 6) is 0.150. The molecule has 0 fully saturated rings. The van der Waals surface area contributed by atoms with Gasteiger partial charge >= 0.3 is 0 Å². The Hall–Kier alpha value is -1.18. The van der Waals surface area contributed by atoms with Gasteiger partial charge in [-0.15, -0.1) is 0 Å². The van der Waals surface area contributed by atoms with Crippen LogP contribution in [0.1, 0.15) is 13.8 Å². The Morgan fingerprint density at radius 2 is 2.06 bits per heavy atom. The molecule has 0 aliphatic carbocycles. The maximum atomic E-state index is 11.9. The Kier molecular flexibility index (Phi) is 4.66. The largest absolute Gasteiger partial charge is 0.271 e. The van der Waals surface area contributed by atoms with Gasteiger partial charge < -0.3 is 0 Å². The third-order valence-corrected chi connectivity index (χ3v) is 4.00. The van der Waals surface area contributed by atoms with E-state index in [1.165, 1.54) is 0 Å². The van der Waals surface area contributed by atoms with E-state index in [0.717, 1.165) is 18.2 Å². The van der Waals surface area contributed by atoms with Gasteiger partial charge in [0.15, 0.2) is 0 Å². The molecule has 1 aromatic carbocycles. The smallest absolute Gasteiger partial charge is 0.258 e. The van der Waals surface area contributed by atoms with Crippen molar-refractivity contribution in [3.63, 3.8) is 0 Å². The number of nitrogens with zero attached hydrogens (tertiary/aromatic N) is 1. The molecule has 0 aromatic heterocycles. The van der Waals surface area contributed by atoms with E-state index in [2.05, 4.69) is 4.72 Å². The minimum atomic E-state index is -3.73. The molecule has 0 aliphatic rings. The first kappa shape index (κ1) is 14.9. The number of sulfonamides is 1. The van der Waals surface area contributed by atoms with Crippen LogP contribution in [0.25, 0.3) is 0 Å². The van der Waals surface area contributed by atoms with E-state index in [-0.39, 0.29) is 28.1 Å². The Morgan fingerprint density at radius 1 is 1.44 bits per heavy atom. The summed E-state index contributed by atoms with van der Waals surface area (Å²) in [6.45, 7) is 4.00. The van der Waals surface area contributed by atoms with Gasteiger partial charge in [0, 0.05) is 18.7 Å². The molecule has 0 bridgehead atoms. The van der Waals surface area contributed by atoms with Crippen molar-refractivity contribution in [3.8, 4) is 0 Å². The van der Waals surface area contributed by atoms with Gasteiger partial charge in [-0.25, -0.2) is 13.1 Å². The highest BCUT2D eigenvalue weighted by Crippen LogP contribution is 2.25. The number of rotatable bonds is 5. The van der Waals surface area contributed by atoms with Gasteiger partial charge in [0.2, 0.25) is 10.0 Å². The Balaban J connectivity index is 3.06. The molecule has 1 rings (SSSR count). The van der Waals surface area contributed by atoms with E-state index in [9.17, 15) is 18.5 Å². The van der Waals surface area contributed by atoms with Crippen molar-refractivity contribution in [2.45, 2.75) is 18.7 Å². The van der Waals surface area contributed by atoms with E-state index >= 15 is 0 Å². The topological polar surface area (TPSA) is 89.3 Å². The van der Waals surface area contributed by atoms with Crippen LogP contribution in [-0.2, 0) is 10.0 Å². The van der Waals surface area contributed by atoms with E-state index < -0.39 is 14.9 Å². The number of nitro groups is 1. The molecule has 1 N–H and O–H groups in total. The van der Waals surface area contributed by atoms with Crippen molar-refractivity contribution in [1.29, 1.82) is 0 Å².